The number of aromatic nitrogens is 2. The molecule has 0 saturated heterocycles. The Morgan fingerprint density at radius 2 is 2.32 bits per heavy atom. The lowest BCUT2D eigenvalue weighted by atomic mass is 10.00. The smallest absolute Gasteiger partial charge is 0.314 e. The summed E-state index contributed by atoms with van der Waals surface area (Å²) in [6.07, 6.45) is 3.33. The average molecular weight is 322 g/mol. The molecule has 0 radical (unpaired) electrons. The Balaban J connectivity index is 1.77. The van der Waals surface area contributed by atoms with Gasteiger partial charge in [-0.2, -0.15) is 5.10 Å². The van der Waals surface area contributed by atoms with Gasteiger partial charge in [0.2, 0.25) is 0 Å². The van der Waals surface area contributed by atoms with E-state index in [0.717, 1.165) is 0 Å². The Morgan fingerprint density at radius 1 is 1.55 bits per heavy atom. The normalized spacial score (nSPS) is 15.1. The van der Waals surface area contributed by atoms with E-state index in [1.54, 1.807) is 42.4 Å². The molecule has 2 rings (SSSR count). The number of thiophene rings is 1. The van der Waals surface area contributed by atoms with Crippen molar-refractivity contribution < 1.29 is 9.90 Å². The number of amides is 2. The molecule has 2 heterocycles. The van der Waals surface area contributed by atoms with Crippen molar-refractivity contribution in [2.45, 2.75) is 25.4 Å². The molecule has 0 aliphatic carbocycles. The van der Waals surface area contributed by atoms with E-state index >= 15 is 0 Å². The molecule has 0 aromatic carbocycles. The lowest BCUT2D eigenvalue weighted by molar-refractivity contribution is 0.0593. The maximum absolute atomic E-state index is 11.8. The van der Waals surface area contributed by atoms with E-state index in [4.69, 9.17) is 0 Å². The van der Waals surface area contributed by atoms with Crippen LogP contribution in [0.15, 0.2) is 29.9 Å². The first kappa shape index (κ1) is 16.5. The summed E-state index contributed by atoms with van der Waals surface area (Å²) in [5, 5.41) is 22.0. The highest BCUT2D eigenvalue weighted by Crippen LogP contribution is 2.20. The summed E-state index contributed by atoms with van der Waals surface area (Å²) in [7, 11) is 1.78. The van der Waals surface area contributed by atoms with Crippen LogP contribution in [-0.2, 0) is 12.6 Å². The van der Waals surface area contributed by atoms with Gasteiger partial charge in [-0.1, -0.05) is 13.0 Å². The van der Waals surface area contributed by atoms with Gasteiger partial charge >= 0.3 is 6.03 Å². The minimum Gasteiger partial charge on any atom is -0.383 e. The van der Waals surface area contributed by atoms with Gasteiger partial charge in [0.1, 0.15) is 5.60 Å². The number of aryl methyl sites for hydroxylation is 1. The Hall–Kier alpha value is -1.86. The molecule has 0 spiro atoms. The number of nitrogens with zero attached hydrogens (tertiary/aromatic N) is 2. The van der Waals surface area contributed by atoms with Gasteiger partial charge < -0.3 is 15.7 Å². The van der Waals surface area contributed by atoms with Gasteiger partial charge in [-0.15, -0.1) is 11.3 Å². The zero-order valence-electron chi connectivity index (χ0n) is 13.0. The highest BCUT2D eigenvalue weighted by molar-refractivity contribution is 7.10. The summed E-state index contributed by atoms with van der Waals surface area (Å²) in [5.41, 5.74) is -0.479. The van der Waals surface area contributed by atoms with E-state index in [2.05, 4.69) is 28.7 Å². The Bertz CT molecular complexity index is 607. The SMILES string of the molecule is C[C@H](CNC(=O)NC[C@](C)(O)c1cnn(C)c1)c1cccs1. The van der Waals surface area contributed by atoms with Crippen LogP contribution in [0.5, 0.6) is 0 Å². The molecule has 0 bridgehead atoms. The van der Waals surface area contributed by atoms with E-state index in [9.17, 15) is 9.90 Å². The monoisotopic (exact) mass is 322 g/mol. The molecule has 0 aliphatic rings. The molecule has 22 heavy (non-hydrogen) atoms. The second-order valence-electron chi connectivity index (χ2n) is 5.66. The van der Waals surface area contributed by atoms with Crippen molar-refractivity contribution in [1.29, 1.82) is 0 Å². The summed E-state index contributed by atoms with van der Waals surface area (Å²) in [5.74, 6) is 0.268. The van der Waals surface area contributed by atoms with Gasteiger partial charge in [0.15, 0.2) is 0 Å². The number of carbonyl (C=O) groups is 1. The molecule has 0 aliphatic heterocycles. The van der Waals surface area contributed by atoms with Gasteiger partial charge in [0.05, 0.1) is 12.7 Å². The van der Waals surface area contributed by atoms with Crippen LogP contribution in [0.25, 0.3) is 0 Å². The Morgan fingerprint density at radius 3 is 2.91 bits per heavy atom. The van der Waals surface area contributed by atoms with E-state index in [1.807, 2.05) is 11.4 Å². The van der Waals surface area contributed by atoms with E-state index in [0.29, 0.717) is 12.1 Å². The highest BCUT2D eigenvalue weighted by atomic mass is 32.1. The lowest BCUT2D eigenvalue weighted by Gasteiger charge is -2.22. The van der Waals surface area contributed by atoms with Crippen LogP contribution >= 0.6 is 11.3 Å². The van der Waals surface area contributed by atoms with Crippen molar-refractivity contribution in [2.75, 3.05) is 13.1 Å². The first-order valence-corrected chi connectivity index (χ1v) is 8.03. The molecule has 2 aromatic heterocycles. The van der Waals surface area contributed by atoms with Crippen LogP contribution in [0.1, 0.15) is 30.2 Å². The van der Waals surface area contributed by atoms with E-state index in [-0.39, 0.29) is 18.5 Å². The van der Waals surface area contributed by atoms with Gasteiger partial charge in [0, 0.05) is 36.1 Å². The standard InChI is InChI=1S/C15H22N4O2S/c1-11(13-5-4-6-22-13)7-16-14(20)17-10-15(2,21)12-8-18-19(3)9-12/h4-6,8-9,11,21H,7,10H2,1-3H3,(H2,16,17,20)/t11-,15+/m1/s1. The minimum atomic E-state index is -1.15. The van der Waals surface area contributed by atoms with Gasteiger partial charge in [-0.05, 0) is 18.4 Å². The third-order valence-corrected chi connectivity index (χ3v) is 4.62. The number of carbonyl (C=O) groups excluding carboxylic acids is 1. The van der Waals surface area contributed by atoms with E-state index < -0.39 is 5.60 Å². The fourth-order valence-electron chi connectivity index (χ4n) is 2.03. The Kier molecular flexibility index (Phi) is 5.20. The lowest BCUT2D eigenvalue weighted by Crippen LogP contribution is -2.44. The first-order chi connectivity index (χ1) is 10.4. The summed E-state index contributed by atoms with van der Waals surface area (Å²) < 4.78 is 1.62. The number of hydrogen-bond donors (Lipinski definition) is 3. The third kappa shape index (κ3) is 4.32. The predicted molar refractivity (Wildman–Crippen MR) is 86.9 cm³/mol. The van der Waals surface area contributed by atoms with Crippen LogP contribution in [0.3, 0.4) is 0 Å². The number of urea groups is 1. The van der Waals surface area contributed by atoms with Crippen molar-refractivity contribution in [3.8, 4) is 0 Å². The summed E-state index contributed by atoms with van der Waals surface area (Å²) in [6.45, 7) is 4.40. The molecule has 2 amide bonds. The van der Waals surface area contributed by atoms with Gasteiger partial charge in [-0.3, -0.25) is 4.68 Å². The van der Waals surface area contributed by atoms with Crippen LogP contribution < -0.4 is 10.6 Å². The van der Waals surface area contributed by atoms with Crippen molar-refractivity contribution in [3.63, 3.8) is 0 Å². The third-order valence-electron chi connectivity index (χ3n) is 3.52. The van der Waals surface area contributed by atoms with Crippen LogP contribution in [0.4, 0.5) is 4.79 Å². The molecular weight excluding hydrogens is 300 g/mol. The maximum atomic E-state index is 11.8. The average Bonchev–Trinajstić information content (AvgIpc) is 3.14. The van der Waals surface area contributed by atoms with Crippen LogP contribution in [0, 0.1) is 0 Å². The molecule has 0 saturated carbocycles. The molecule has 2 atom stereocenters. The number of aliphatic hydroxyl groups is 1. The second kappa shape index (κ2) is 6.93. The molecule has 7 heteroatoms. The number of rotatable bonds is 6. The highest BCUT2D eigenvalue weighted by Gasteiger charge is 2.25. The van der Waals surface area contributed by atoms with E-state index in [1.165, 1.54) is 4.88 Å². The molecule has 2 aromatic rings. The van der Waals surface area contributed by atoms with Crippen LogP contribution in [0.2, 0.25) is 0 Å². The van der Waals surface area contributed by atoms with Crippen molar-refractivity contribution in [1.82, 2.24) is 20.4 Å². The quantitative estimate of drug-likeness (QED) is 0.758. The zero-order valence-corrected chi connectivity index (χ0v) is 13.9. The molecule has 6 nitrogen and oxygen atoms in total. The Labute approximate surface area is 134 Å². The molecule has 3 N–H and O–H groups in total. The number of nitrogens with one attached hydrogen (secondary N) is 2. The number of hydrogen-bond acceptors (Lipinski definition) is 4. The molecular formula is C15H22N4O2S. The van der Waals surface area contributed by atoms with Crippen molar-refractivity contribution >= 4 is 17.4 Å². The molecule has 120 valence electrons. The zero-order chi connectivity index (χ0) is 16.2. The fourth-order valence-corrected chi connectivity index (χ4v) is 2.82. The van der Waals surface area contributed by atoms with Crippen LogP contribution in [-0.4, -0.2) is 34.0 Å². The first-order valence-electron chi connectivity index (χ1n) is 7.15. The maximum Gasteiger partial charge on any atom is 0.314 e. The predicted octanol–water partition coefficient (Wildman–Crippen LogP) is 1.79. The minimum absolute atomic E-state index is 0.123. The summed E-state index contributed by atoms with van der Waals surface area (Å²) in [6, 6.07) is 3.77. The molecule has 0 unspecified atom stereocenters. The molecule has 0 fully saturated rings. The largest absolute Gasteiger partial charge is 0.383 e. The summed E-state index contributed by atoms with van der Waals surface area (Å²) >= 11 is 1.68. The topological polar surface area (TPSA) is 79.2 Å². The van der Waals surface area contributed by atoms with Crippen molar-refractivity contribution in [2.24, 2.45) is 7.05 Å². The fraction of sp³-hybridized carbons (Fsp3) is 0.467. The van der Waals surface area contributed by atoms with Crippen molar-refractivity contribution in [3.05, 3.63) is 40.3 Å². The second-order valence-corrected chi connectivity index (χ2v) is 6.64. The van der Waals surface area contributed by atoms with Gasteiger partial charge in [-0.25, -0.2) is 4.79 Å². The van der Waals surface area contributed by atoms with Gasteiger partial charge in [0.25, 0.3) is 0 Å². The summed E-state index contributed by atoms with van der Waals surface area (Å²) in [4.78, 5) is 13.1.